The lowest BCUT2D eigenvalue weighted by atomic mass is 10.1. The summed E-state index contributed by atoms with van der Waals surface area (Å²) in [5, 5.41) is 10.7. The van der Waals surface area contributed by atoms with Crippen molar-refractivity contribution in [3.05, 3.63) is 58.2 Å². The van der Waals surface area contributed by atoms with Gasteiger partial charge in [0.2, 0.25) is 0 Å². The maximum atomic E-state index is 12.0. The van der Waals surface area contributed by atoms with E-state index in [0.29, 0.717) is 5.56 Å². The topological polar surface area (TPSA) is 148 Å². The Hall–Kier alpha value is -4.02. The molecule has 0 aromatic heterocycles. The van der Waals surface area contributed by atoms with Gasteiger partial charge in [0.15, 0.2) is 18.3 Å². The number of rotatable bonds is 8. The van der Waals surface area contributed by atoms with Gasteiger partial charge in [-0.15, -0.1) is 0 Å². The SMILES string of the molecule is CC(=O)O[C@@H]1C=CC(=O)O[C@@H]1[C@@H](COC(=O)/C=C/c1ccc([N+](=O)[O-])cc1)OC(C)=O. The maximum absolute atomic E-state index is 12.0. The minimum atomic E-state index is -1.23. The molecule has 0 radical (unpaired) electrons. The Morgan fingerprint density at radius 3 is 2.45 bits per heavy atom. The van der Waals surface area contributed by atoms with Crippen LogP contribution in [-0.2, 0) is 38.1 Å². The van der Waals surface area contributed by atoms with Crippen LogP contribution in [0.25, 0.3) is 6.08 Å². The normalized spacial score (nSPS) is 18.7. The molecule has 0 saturated heterocycles. The zero-order valence-electron chi connectivity index (χ0n) is 16.6. The van der Waals surface area contributed by atoms with Gasteiger partial charge in [-0.05, 0) is 29.8 Å². The van der Waals surface area contributed by atoms with Gasteiger partial charge in [0.25, 0.3) is 5.69 Å². The molecule has 1 aliphatic heterocycles. The van der Waals surface area contributed by atoms with Gasteiger partial charge in [-0.3, -0.25) is 19.7 Å². The van der Waals surface area contributed by atoms with Crippen LogP contribution in [0.1, 0.15) is 19.4 Å². The number of ether oxygens (including phenoxy) is 4. The molecule has 1 aromatic carbocycles. The number of carbonyl (C=O) groups excluding carboxylic acids is 4. The van der Waals surface area contributed by atoms with E-state index in [2.05, 4.69) is 0 Å². The first-order chi connectivity index (χ1) is 14.7. The molecule has 11 heteroatoms. The van der Waals surface area contributed by atoms with Crippen LogP contribution in [0.4, 0.5) is 5.69 Å². The van der Waals surface area contributed by atoms with Crippen LogP contribution in [0.5, 0.6) is 0 Å². The van der Waals surface area contributed by atoms with Gasteiger partial charge in [0.05, 0.1) is 4.92 Å². The Morgan fingerprint density at radius 2 is 1.87 bits per heavy atom. The second-order valence-electron chi connectivity index (χ2n) is 6.29. The summed E-state index contributed by atoms with van der Waals surface area (Å²) >= 11 is 0. The Bertz CT molecular complexity index is 918. The van der Waals surface area contributed by atoms with Crippen LogP contribution in [0, 0.1) is 10.1 Å². The van der Waals surface area contributed by atoms with E-state index in [1.807, 2.05) is 0 Å². The van der Waals surface area contributed by atoms with Crippen molar-refractivity contribution in [2.45, 2.75) is 32.2 Å². The molecular weight excluding hydrogens is 414 g/mol. The zero-order chi connectivity index (χ0) is 23.0. The van der Waals surface area contributed by atoms with Crippen LogP contribution >= 0.6 is 0 Å². The molecular formula is C20H19NO10. The number of hydrogen-bond donors (Lipinski definition) is 0. The fourth-order valence-corrected chi connectivity index (χ4v) is 2.60. The molecule has 31 heavy (non-hydrogen) atoms. The molecule has 3 atom stereocenters. The highest BCUT2D eigenvalue weighted by atomic mass is 16.6. The van der Waals surface area contributed by atoms with E-state index >= 15 is 0 Å². The summed E-state index contributed by atoms with van der Waals surface area (Å²) in [5.41, 5.74) is 0.419. The van der Waals surface area contributed by atoms with Crippen molar-refractivity contribution in [3.8, 4) is 0 Å². The Kier molecular flexibility index (Phi) is 8.01. The molecule has 164 valence electrons. The highest BCUT2D eigenvalue weighted by Gasteiger charge is 2.39. The number of nitrogens with zero attached hydrogens (tertiary/aromatic N) is 1. The Morgan fingerprint density at radius 1 is 1.19 bits per heavy atom. The lowest BCUT2D eigenvalue weighted by molar-refractivity contribution is -0.384. The molecule has 0 spiro atoms. The van der Waals surface area contributed by atoms with Gasteiger partial charge in [-0.2, -0.15) is 0 Å². The number of esters is 4. The van der Waals surface area contributed by atoms with Gasteiger partial charge in [0.1, 0.15) is 6.61 Å². The smallest absolute Gasteiger partial charge is 0.331 e. The quantitative estimate of drug-likeness (QED) is 0.194. The number of cyclic esters (lactones) is 1. The van der Waals surface area contributed by atoms with E-state index in [4.69, 9.17) is 18.9 Å². The van der Waals surface area contributed by atoms with E-state index in [-0.39, 0.29) is 5.69 Å². The summed E-state index contributed by atoms with van der Waals surface area (Å²) in [7, 11) is 0. The third-order valence-corrected chi connectivity index (χ3v) is 3.89. The molecule has 0 saturated carbocycles. The first-order valence-electron chi connectivity index (χ1n) is 8.98. The number of benzene rings is 1. The highest BCUT2D eigenvalue weighted by molar-refractivity contribution is 5.87. The molecule has 11 nitrogen and oxygen atoms in total. The lowest BCUT2D eigenvalue weighted by Crippen LogP contribution is -2.48. The van der Waals surface area contributed by atoms with Gasteiger partial charge in [0, 0.05) is 38.1 Å². The van der Waals surface area contributed by atoms with Crippen LogP contribution < -0.4 is 0 Å². The first-order valence-corrected chi connectivity index (χ1v) is 8.98. The highest BCUT2D eigenvalue weighted by Crippen LogP contribution is 2.19. The number of nitro groups is 1. The van der Waals surface area contributed by atoms with Crippen molar-refractivity contribution in [1.82, 2.24) is 0 Å². The van der Waals surface area contributed by atoms with Gasteiger partial charge in [-0.1, -0.05) is 0 Å². The predicted octanol–water partition coefficient (Wildman–Crippen LogP) is 1.50. The average Bonchev–Trinajstić information content (AvgIpc) is 2.70. The predicted molar refractivity (Wildman–Crippen MR) is 103 cm³/mol. The summed E-state index contributed by atoms with van der Waals surface area (Å²) in [6.45, 7) is 1.79. The Balaban J connectivity index is 2.04. The van der Waals surface area contributed by atoms with Crippen molar-refractivity contribution in [2.75, 3.05) is 6.61 Å². The summed E-state index contributed by atoms with van der Waals surface area (Å²) < 4.78 is 20.3. The van der Waals surface area contributed by atoms with Gasteiger partial charge < -0.3 is 18.9 Å². The number of carbonyl (C=O) groups is 4. The van der Waals surface area contributed by atoms with Crippen LogP contribution in [0.2, 0.25) is 0 Å². The molecule has 0 unspecified atom stereocenters. The molecule has 2 rings (SSSR count). The van der Waals surface area contributed by atoms with Gasteiger partial charge >= 0.3 is 23.9 Å². The van der Waals surface area contributed by atoms with E-state index in [1.54, 1.807) is 0 Å². The largest absolute Gasteiger partial charge is 0.458 e. The first kappa shape index (κ1) is 23.3. The van der Waals surface area contributed by atoms with Crippen molar-refractivity contribution in [3.63, 3.8) is 0 Å². The minimum Gasteiger partial charge on any atom is -0.458 e. The van der Waals surface area contributed by atoms with Crippen molar-refractivity contribution < 1.29 is 43.0 Å². The van der Waals surface area contributed by atoms with Crippen molar-refractivity contribution >= 4 is 35.6 Å². The van der Waals surface area contributed by atoms with E-state index < -0.39 is 53.7 Å². The molecule has 0 N–H and O–H groups in total. The summed E-state index contributed by atoms with van der Waals surface area (Å²) in [6, 6.07) is 5.45. The van der Waals surface area contributed by atoms with Crippen LogP contribution in [0.3, 0.4) is 0 Å². The third kappa shape index (κ3) is 7.38. The van der Waals surface area contributed by atoms with E-state index in [0.717, 1.165) is 26.0 Å². The molecule has 0 amide bonds. The zero-order valence-corrected chi connectivity index (χ0v) is 16.6. The number of hydrogen-bond acceptors (Lipinski definition) is 10. The summed E-state index contributed by atoms with van der Waals surface area (Å²) in [4.78, 5) is 56.5. The monoisotopic (exact) mass is 433 g/mol. The fourth-order valence-electron chi connectivity index (χ4n) is 2.60. The second kappa shape index (κ2) is 10.7. The molecule has 0 fully saturated rings. The molecule has 0 aliphatic carbocycles. The lowest BCUT2D eigenvalue weighted by Gasteiger charge is -2.32. The van der Waals surface area contributed by atoms with E-state index in [1.165, 1.54) is 36.4 Å². The maximum Gasteiger partial charge on any atom is 0.331 e. The standard InChI is InChI=1S/C20H19NO10/c1-12(22)29-16-8-10-19(25)31-20(16)17(30-13(2)23)11-28-18(24)9-5-14-3-6-15(7-4-14)21(26)27/h3-10,16-17,20H,11H2,1-2H3/b9-5+/t16-,17-,20+/m1/s1. The molecule has 1 aliphatic rings. The minimum absolute atomic E-state index is 0.0950. The molecule has 1 heterocycles. The number of nitro benzene ring substituents is 1. The third-order valence-electron chi connectivity index (χ3n) is 3.89. The number of non-ortho nitro benzene ring substituents is 1. The summed E-state index contributed by atoms with van der Waals surface area (Å²) in [5.74, 6) is -2.93. The average molecular weight is 433 g/mol. The molecule has 0 bridgehead atoms. The van der Waals surface area contributed by atoms with Gasteiger partial charge in [-0.25, -0.2) is 9.59 Å². The Labute approximate surface area is 176 Å². The van der Waals surface area contributed by atoms with Crippen molar-refractivity contribution in [2.24, 2.45) is 0 Å². The van der Waals surface area contributed by atoms with Crippen LogP contribution in [-0.4, -0.2) is 53.7 Å². The van der Waals surface area contributed by atoms with Crippen LogP contribution in [0.15, 0.2) is 42.5 Å². The second-order valence-corrected chi connectivity index (χ2v) is 6.29. The van der Waals surface area contributed by atoms with E-state index in [9.17, 15) is 29.3 Å². The summed E-state index contributed by atoms with van der Waals surface area (Å²) in [6.07, 6.45) is 1.32. The van der Waals surface area contributed by atoms with Crippen molar-refractivity contribution in [1.29, 1.82) is 0 Å². The fraction of sp³-hybridized carbons (Fsp3) is 0.300. The molecule has 1 aromatic rings.